The molecule has 8 saturated carbocycles. The molecule has 8 bridgehead atoms. The molecule has 4 atom stereocenters. The first kappa shape index (κ1) is 18.2. The van der Waals surface area contributed by atoms with Gasteiger partial charge in [-0.15, -0.1) is 0 Å². The number of rotatable bonds is 4. The van der Waals surface area contributed by atoms with Gasteiger partial charge >= 0.3 is 5.97 Å². The predicted octanol–water partition coefficient (Wildman–Crippen LogP) is 4.35. The van der Waals surface area contributed by atoms with Crippen LogP contribution in [0.25, 0.3) is 0 Å². The van der Waals surface area contributed by atoms with Gasteiger partial charge in [0.1, 0.15) is 0 Å². The molecule has 0 radical (unpaired) electrons. The van der Waals surface area contributed by atoms with Crippen molar-refractivity contribution in [2.75, 3.05) is 6.61 Å². The quantitative estimate of drug-likeness (QED) is 0.512. The maximum absolute atomic E-state index is 13.1. The highest BCUT2D eigenvalue weighted by molar-refractivity contribution is 9.10. The summed E-state index contributed by atoms with van der Waals surface area (Å²) in [6, 6.07) is 0. The molecule has 8 aliphatic rings. The molecule has 0 aromatic carbocycles. The van der Waals surface area contributed by atoms with Gasteiger partial charge in [0.2, 0.25) is 0 Å². The molecule has 0 aromatic heterocycles. The van der Waals surface area contributed by atoms with Gasteiger partial charge in [0.25, 0.3) is 5.91 Å². The van der Waals surface area contributed by atoms with Crippen LogP contribution in [0, 0.1) is 35.0 Å². The van der Waals surface area contributed by atoms with Gasteiger partial charge in [-0.1, -0.05) is 15.9 Å². The zero-order chi connectivity index (χ0) is 19.1. The van der Waals surface area contributed by atoms with Crippen molar-refractivity contribution in [3.8, 4) is 0 Å². The molecule has 0 aliphatic heterocycles. The predicted molar refractivity (Wildman–Crippen MR) is 109 cm³/mol. The number of alkyl halides is 1. The number of amides is 1. The molecule has 1 amide bonds. The van der Waals surface area contributed by atoms with E-state index in [1.54, 1.807) is 0 Å². The number of carbonyl (C=O) groups excluding carboxylic acids is 2. The van der Waals surface area contributed by atoms with Gasteiger partial charge in [-0.05, 0) is 107 Å². The van der Waals surface area contributed by atoms with Crippen molar-refractivity contribution >= 4 is 27.8 Å². The minimum Gasteiger partial charge on any atom is -0.455 e. The molecule has 0 saturated heterocycles. The third-order valence-corrected chi connectivity index (χ3v) is 10.1. The van der Waals surface area contributed by atoms with E-state index >= 15 is 0 Å². The highest BCUT2D eigenvalue weighted by Gasteiger charge is 2.60. The van der Waals surface area contributed by atoms with Crippen molar-refractivity contribution < 1.29 is 14.3 Å². The molecule has 0 heterocycles. The maximum atomic E-state index is 13.1. The van der Waals surface area contributed by atoms with Crippen molar-refractivity contribution in [1.82, 2.24) is 5.32 Å². The highest BCUT2D eigenvalue weighted by atomic mass is 79.9. The van der Waals surface area contributed by atoms with E-state index < -0.39 is 0 Å². The van der Waals surface area contributed by atoms with E-state index in [1.807, 2.05) is 0 Å². The average molecular weight is 450 g/mol. The Balaban J connectivity index is 1.09. The summed E-state index contributed by atoms with van der Waals surface area (Å²) in [6.07, 6.45) is 14.0. The fraction of sp³-hybridized carbons (Fsp3) is 0.913. The van der Waals surface area contributed by atoms with E-state index in [4.69, 9.17) is 4.74 Å². The molecule has 0 spiro atoms. The number of nitrogens with one attached hydrogen (secondary N) is 1. The summed E-state index contributed by atoms with van der Waals surface area (Å²) in [4.78, 5) is 25.8. The lowest BCUT2D eigenvalue weighted by Crippen LogP contribution is -2.60. The minimum absolute atomic E-state index is 0.00115. The molecular weight excluding hydrogens is 418 g/mol. The normalized spacial score (nSPS) is 52.7. The lowest BCUT2D eigenvalue weighted by molar-refractivity contribution is -0.171. The summed E-state index contributed by atoms with van der Waals surface area (Å²) in [5, 5.41) is 3.34. The van der Waals surface area contributed by atoms with Crippen LogP contribution in [0.4, 0.5) is 0 Å². The van der Waals surface area contributed by atoms with E-state index in [-0.39, 0.29) is 33.8 Å². The van der Waals surface area contributed by atoms with Gasteiger partial charge in [0.15, 0.2) is 6.61 Å². The molecule has 154 valence electrons. The van der Waals surface area contributed by atoms with Crippen molar-refractivity contribution in [1.29, 1.82) is 0 Å². The molecule has 8 rings (SSSR count). The number of ether oxygens (including phenoxy) is 1. The molecule has 28 heavy (non-hydrogen) atoms. The first-order chi connectivity index (χ1) is 13.3. The second kappa shape index (κ2) is 5.98. The van der Waals surface area contributed by atoms with E-state index in [9.17, 15) is 9.59 Å². The zero-order valence-electron chi connectivity index (χ0n) is 16.7. The smallest absolute Gasteiger partial charge is 0.312 e. The largest absolute Gasteiger partial charge is 0.455 e. The fourth-order valence-corrected chi connectivity index (χ4v) is 10.7. The van der Waals surface area contributed by atoms with Crippen LogP contribution >= 0.6 is 15.9 Å². The van der Waals surface area contributed by atoms with Crippen molar-refractivity contribution in [3.05, 3.63) is 0 Å². The van der Waals surface area contributed by atoms with Gasteiger partial charge in [-0.25, -0.2) is 0 Å². The second-order valence-corrected chi connectivity index (χ2v) is 13.4. The lowest BCUT2D eigenvalue weighted by atomic mass is 9.49. The summed E-state index contributed by atoms with van der Waals surface area (Å²) in [6.45, 7) is -0.0903. The molecule has 2 unspecified atom stereocenters. The summed E-state index contributed by atoms with van der Waals surface area (Å²) in [7, 11) is 0. The molecule has 4 nitrogen and oxygen atoms in total. The van der Waals surface area contributed by atoms with Crippen molar-refractivity contribution in [2.45, 2.75) is 86.9 Å². The Kier molecular flexibility index (Phi) is 3.89. The first-order valence-corrected chi connectivity index (χ1v) is 12.3. The Morgan fingerprint density at radius 3 is 1.89 bits per heavy atom. The summed E-state index contributed by atoms with van der Waals surface area (Å²) in [5.41, 5.74) is -0.340. The molecule has 0 aromatic rings. The Morgan fingerprint density at radius 2 is 1.36 bits per heavy atom. The molecule has 8 fully saturated rings. The van der Waals surface area contributed by atoms with Crippen LogP contribution < -0.4 is 5.32 Å². The van der Waals surface area contributed by atoms with Gasteiger partial charge in [0.05, 0.1) is 5.41 Å². The lowest BCUT2D eigenvalue weighted by Gasteiger charge is -2.58. The number of halogens is 1. The number of carbonyl (C=O) groups is 2. The van der Waals surface area contributed by atoms with Crippen LogP contribution in [0.3, 0.4) is 0 Å². The topological polar surface area (TPSA) is 55.4 Å². The monoisotopic (exact) mass is 449 g/mol. The Bertz CT molecular complexity index is 669. The number of hydrogen-bond donors (Lipinski definition) is 1. The van der Waals surface area contributed by atoms with E-state index in [1.165, 1.54) is 38.5 Å². The van der Waals surface area contributed by atoms with Crippen molar-refractivity contribution in [3.63, 3.8) is 0 Å². The third kappa shape index (κ3) is 2.89. The van der Waals surface area contributed by atoms with E-state index in [0.29, 0.717) is 11.8 Å². The summed E-state index contributed by atoms with van der Waals surface area (Å²) < 4.78 is 5.81. The van der Waals surface area contributed by atoms with Crippen LogP contribution in [-0.4, -0.2) is 28.3 Å². The second-order valence-electron chi connectivity index (χ2n) is 11.7. The Hall–Kier alpha value is -0.580. The summed E-state index contributed by atoms with van der Waals surface area (Å²) >= 11 is 3.96. The molecule has 1 N–H and O–H groups in total. The standard InChI is InChI=1S/C23H32BrNO3/c24-22-7-17-4-18(8-22)6-21(5-17,13-22)20(27)28-12-19(26)25-23-9-14-1-15(10-23)3-16(2-14)11-23/h14-18H,1-13H2,(H,25,26)/t14?,15?,16?,17-,18+,21?,22?,23?. The number of esters is 1. The van der Waals surface area contributed by atoms with Gasteiger partial charge in [-0.3, -0.25) is 9.59 Å². The highest BCUT2D eigenvalue weighted by Crippen LogP contribution is 2.64. The van der Waals surface area contributed by atoms with Crippen LogP contribution in [0.5, 0.6) is 0 Å². The fourth-order valence-electron chi connectivity index (χ4n) is 9.27. The maximum Gasteiger partial charge on any atom is 0.312 e. The first-order valence-electron chi connectivity index (χ1n) is 11.5. The number of hydrogen-bond acceptors (Lipinski definition) is 3. The van der Waals surface area contributed by atoms with Crippen molar-refractivity contribution in [2.24, 2.45) is 35.0 Å². The van der Waals surface area contributed by atoms with Gasteiger partial charge < -0.3 is 10.1 Å². The molecule has 8 aliphatic carbocycles. The van der Waals surface area contributed by atoms with Gasteiger partial charge in [-0.2, -0.15) is 0 Å². The van der Waals surface area contributed by atoms with Gasteiger partial charge in [0, 0.05) is 9.86 Å². The van der Waals surface area contributed by atoms with Crippen LogP contribution in [0.1, 0.15) is 77.0 Å². The SMILES string of the molecule is O=C(COC(=O)C12C[C@@H]3C[C@@H](CC(Br)(C3)C1)C2)NC12CC3CC(CC(C3)C1)C2. The molecular formula is C23H32BrNO3. The Morgan fingerprint density at radius 1 is 0.821 bits per heavy atom. The molecule has 5 heteroatoms. The van der Waals surface area contributed by atoms with Crippen LogP contribution in [0.2, 0.25) is 0 Å². The zero-order valence-corrected chi connectivity index (χ0v) is 18.3. The average Bonchev–Trinajstić information content (AvgIpc) is 2.55. The minimum atomic E-state index is -0.339. The summed E-state index contributed by atoms with van der Waals surface area (Å²) in [5.74, 6) is 3.52. The van der Waals surface area contributed by atoms with Crippen LogP contribution in [0.15, 0.2) is 0 Å². The van der Waals surface area contributed by atoms with E-state index in [2.05, 4.69) is 21.2 Å². The Labute approximate surface area is 176 Å². The third-order valence-electron chi connectivity index (χ3n) is 9.20. The van der Waals surface area contributed by atoms with E-state index in [0.717, 1.165) is 56.3 Å². The van der Waals surface area contributed by atoms with Crippen LogP contribution in [-0.2, 0) is 14.3 Å².